The minimum Gasteiger partial charge on any atom is -0.435 e. The molecule has 1 aromatic heterocycles. The summed E-state index contributed by atoms with van der Waals surface area (Å²) in [4.78, 5) is 4.72. The van der Waals surface area contributed by atoms with E-state index in [1.165, 1.54) is 0 Å². The van der Waals surface area contributed by atoms with E-state index in [1.54, 1.807) is 12.1 Å². The molecule has 132 valence electrons. The van der Waals surface area contributed by atoms with Crippen LogP contribution >= 0.6 is 11.6 Å². The number of oxazole rings is 1. The van der Waals surface area contributed by atoms with E-state index in [4.69, 9.17) is 26.3 Å². The average molecular weight is 381 g/mol. The molecule has 0 spiro atoms. The van der Waals surface area contributed by atoms with Crippen LogP contribution in [0.4, 0.5) is 0 Å². The molecule has 28 heavy (non-hydrogen) atoms. The number of aromatic nitrogens is 1. The number of rotatable bonds is 2. The second kappa shape index (κ2) is 6.53. The summed E-state index contributed by atoms with van der Waals surface area (Å²) in [5, 5.41) is 11.7. The van der Waals surface area contributed by atoms with Gasteiger partial charge in [-0.25, -0.2) is 4.98 Å². The van der Waals surface area contributed by atoms with Gasteiger partial charge >= 0.3 is 0 Å². The van der Waals surface area contributed by atoms with Gasteiger partial charge in [-0.05, 0) is 40.8 Å². The lowest BCUT2D eigenvalue weighted by Crippen LogP contribution is -1.86. The smallest absolute Gasteiger partial charge is 0.227 e. The molecule has 0 atom stereocenters. The highest BCUT2D eigenvalue weighted by atomic mass is 35.5. The first-order valence-corrected chi connectivity index (χ1v) is 9.20. The summed E-state index contributed by atoms with van der Waals surface area (Å²) in [5.74, 6) is 0.558. The third kappa shape index (κ3) is 2.63. The molecule has 5 rings (SSSR count). The topological polar surface area (TPSA) is 49.8 Å². The Balaban J connectivity index is 1.72. The van der Waals surface area contributed by atoms with Crippen LogP contribution in [0.2, 0.25) is 5.02 Å². The zero-order valence-corrected chi connectivity index (χ0v) is 15.4. The second-order valence-electron chi connectivity index (χ2n) is 6.51. The van der Waals surface area contributed by atoms with E-state index in [1.807, 2.05) is 54.6 Å². The van der Waals surface area contributed by atoms with Crippen LogP contribution in [-0.2, 0) is 0 Å². The molecule has 1 heterocycles. The molecule has 0 saturated heterocycles. The van der Waals surface area contributed by atoms with Crippen molar-refractivity contribution in [2.75, 3.05) is 0 Å². The number of hydrogen-bond acceptors (Lipinski definition) is 3. The molecule has 0 fully saturated rings. The first-order chi connectivity index (χ1) is 13.7. The van der Waals surface area contributed by atoms with Gasteiger partial charge in [0.15, 0.2) is 5.58 Å². The van der Waals surface area contributed by atoms with Gasteiger partial charge < -0.3 is 4.42 Å². The van der Waals surface area contributed by atoms with Gasteiger partial charge in [0.05, 0.1) is 10.6 Å². The van der Waals surface area contributed by atoms with Crippen molar-refractivity contribution in [2.45, 2.75) is 0 Å². The Morgan fingerprint density at radius 2 is 1.64 bits per heavy atom. The summed E-state index contributed by atoms with van der Waals surface area (Å²) in [6, 6.07) is 27.5. The molecular formula is C24H13ClN2O. The Kier molecular flexibility index (Phi) is 3.86. The van der Waals surface area contributed by atoms with Crippen molar-refractivity contribution in [3.8, 4) is 28.7 Å². The van der Waals surface area contributed by atoms with Crippen LogP contribution in [-0.4, -0.2) is 4.98 Å². The SMILES string of the molecule is N#Cc1ccc(-c2ccccc2-c2nc3ccc4ccccc4c3o2)cc1Cl. The average Bonchev–Trinajstić information content (AvgIpc) is 3.18. The Morgan fingerprint density at radius 3 is 2.46 bits per heavy atom. The van der Waals surface area contributed by atoms with Crippen molar-refractivity contribution in [1.82, 2.24) is 4.98 Å². The molecule has 3 nitrogen and oxygen atoms in total. The van der Waals surface area contributed by atoms with Gasteiger partial charge in [-0.15, -0.1) is 0 Å². The first kappa shape index (κ1) is 16.6. The van der Waals surface area contributed by atoms with E-state index >= 15 is 0 Å². The van der Waals surface area contributed by atoms with Crippen molar-refractivity contribution in [1.29, 1.82) is 5.26 Å². The van der Waals surface area contributed by atoms with Gasteiger partial charge in [0.25, 0.3) is 0 Å². The third-order valence-electron chi connectivity index (χ3n) is 4.84. The van der Waals surface area contributed by atoms with Crippen LogP contribution in [0.15, 0.2) is 83.3 Å². The van der Waals surface area contributed by atoms with Crippen LogP contribution in [0.25, 0.3) is 44.5 Å². The summed E-state index contributed by atoms with van der Waals surface area (Å²) in [5.41, 5.74) is 4.79. The standard InChI is InChI=1S/C24H13ClN2O/c25-21-13-16(9-10-17(21)14-26)18-6-3-4-8-20(18)24-27-22-12-11-15-5-1-2-7-19(15)23(22)28-24/h1-13H. The summed E-state index contributed by atoms with van der Waals surface area (Å²) < 4.78 is 6.21. The molecule has 0 bridgehead atoms. The predicted molar refractivity (Wildman–Crippen MR) is 112 cm³/mol. The van der Waals surface area contributed by atoms with E-state index in [2.05, 4.69) is 18.2 Å². The maximum atomic E-state index is 9.12. The van der Waals surface area contributed by atoms with Gasteiger partial charge in [-0.2, -0.15) is 5.26 Å². The number of fused-ring (bicyclic) bond motifs is 3. The zero-order valence-electron chi connectivity index (χ0n) is 14.7. The fourth-order valence-corrected chi connectivity index (χ4v) is 3.69. The van der Waals surface area contributed by atoms with E-state index in [0.29, 0.717) is 16.5 Å². The van der Waals surface area contributed by atoms with Crippen LogP contribution in [0.1, 0.15) is 5.56 Å². The Hall–Kier alpha value is -3.61. The van der Waals surface area contributed by atoms with Crippen LogP contribution in [0.3, 0.4) is 0 Å². The molecule has 0 aliphatic carbocycles. The molecule has 4 heteroatoms. The Morgan fingerprint density at radius 1 is 0.857 bits per heavy atom. The fraction of sp³-hybridized carbons (Fsp3) is 0. The molecule has 5 aromatic rings. The lowest BCUT2D eigenvalue weighted by molar-refractivity contribution is 0.623. The highest BCUT2D eigenvalue weighted by Crippen LogP contribution is 2.36. The van der Waals surface area contributed by atoms with Crippen LogP contribution in [0, 0.1) is 11.3 Å². The zero-order chi connectivity index (χ0) is 19.1. The number of benzene rings is 4. The highest BCUT2D eigenvalue weighted by Gasteiger charge is 2.15. The molecule has 4 aromatic carbocycles. The molecule has 0 amide bonds. The van der Waals surface area contributed by atoms with Gasteiger partial charge in [0.1, 0.15) is 11.6 Å². The Labute approximate surface area is 166 Å². The molecule has 0 saturated carbocycles. The van der Waals surface area contributed by atoms with E-state index in [0.717, 1.165) is 38.6 Å². The highest BCUT2D eigenvalue weighted by molar-refractivity contribution is 6.32. The van der Waals surface area contributed by atoms with Gasteiger partial charge in [0, 0.05) is 10.9 Å². The molecule has 0 radical (unpaired) electrons. The van der Waals surface area contributed by atoms with Crippen molar-refractivity contribution >= 4 is 33.5 Å². The van der Waals surface area contributed by atoms with E-state index < -0.39 is 0 Å². The number of hydrogen-bond donors (Lipinski definition) is 0. The van der Waals surface area contributed by atoms with E-state index in [9.17, 15) is 0 Å². The summed E-state index contributed by atoms with van der Waals surface area (Å²) in [7, 11) is 0. The monoisotopic (exact) mass is 380 g/mol. The Bertz CT molecular complexity index is 1400. The molecule has 0 aliphatic rings. The van der Waals surface area contributed by atoms with Crippen LogP contribution in [0.5, 0.6) is 0 Å². The maximum absolute atomic E-state index is 9.12. The largest absolute Gasteiger partial charge is 0.435 e. The van der Waals surface area contributed by atoms with Gasteiger partial charge in [-0.3, -0.25) is 0 Å². The predicted octanol–water partition coefficient (Wildman–Crippen LogP) is 6.84. The third-order valence-corrected chi connectivity index (χ3v) is 5.15. The lowest BCUT2D eigenvalue weighted by atomic mass is 9.98. The van der Waals surface area contributed by atoms with E-state index in [-0.39, 0.29) is 0 Å². The van der Waals surface area contributed by atoms with Crippen LogP contribution < -0.4 is 0 Å². The van der Waals surface area contributed by atoms with Crippen molar-refractivity contribution in [3.05, 3.63) is 89.4 Å². The fourth-order valence-electron chi connectivity index (χ4n) is 3.47. The molecule has 0 N–H and O–H groups in total. The summed E-state index contributed by atoms with van der Waals surface area (Å²) in [6.45, 7) is 0. The van der Waals surface area contributed by atoms with Crippen molar-refractivity contribution < 1.29 is 4.42 Å². The minimum atomic E-state index is 0.429. The number of nitriles is 1. The van der Waals surface area contributed by atoms with Crippen molar-refractivity contribution in [3.63, 3.8) is 0 Å². The van der Waals surface area contributed by atoms with Crippen molar-refractivity contribution in [2.24, 2.45) is 0 Å². The van der Waals surface area contributed by atoms with Gasteiger partial charge in [0.2, 0.25) is 5.89 Å². The first-order valence-electron chi connectivity index (χ1n) is 8.82. The normalized spacial score (nSPS) is 11.0. The molecule has 0 unspecified atom stereocenters. The quantitative estimate of drug-likeness (QED) is 0.337. The maximum Gasteiger partial charge on any atom is 0.227 e. The summed E-state index contributed by atoms with van der Waals surface area (Å²) in [6.07, 6.45) is 0. The lowest BCUT2D eigenvalue weighted by Gasteiger charge is -2.08. The summed E-state index contributed by atoms with van der Waals surface area (Å²) >= 11 is 6.25. The molecule has 0 aliphatic heterocycles. The molecular weight excluding hydrogens is 368 g/mol. The number of halogens is 1. The number of nitrogens with zero attached hydrogens (tertiary/aromatic N) is 2. The minimum absolute atomic E-state index is 0.429. The van der Waals surface area contributed by atoms with Gasteiger partial charge in [-0.1, -0.05) is 66.2 Å². The second-order valence-corrected chi connectivity index (χ2v) is 6.91.